The number of nitrogens with zero attached hydrogens (tertiary/aromatic N) is 2. The molecule has 1 heterocycles. The maximum Gasteiger partial charge on any atom is 0.0522 e. The lowest BCUT2D eigenvalue weighted by Gasteiger charge is -2.14. The highest BCUT2D eigenvalue weighted by molar-refractivity contribution is 5.06. The Morgan fingerprint density at radius 1 is 1.60 bits per heavy atom. The van der Waals surface area contributed by atoms with Gasteiger partial charge < -0.3 is 5.32 Å². The molecule has 0 aliphatic carbocycles. The van der Waals surface area contributed by atoms with Crippen molar-refractivity contribution in [3.8, 4) is 0 Å². The zero-order valence-electron chi connectivity index (χ0n) is 9.74. The molecule has 84 valence electrons. The van der Waals surface area contributed by atoms with Crippen LogP contribution in [0.4, 0.5) is 0 Å². The molecule has 0 fully saturated rings. The summed E-state index contributed by atoms with van der Waals surface area (Å²) in [5.74, 6) is 0. The van der Waals surface area contributed by atoms with Gasteiger partial charge in [0.05, 0.1) is 6.20 Å². The summed E-state index contributed by atoms with van der Waals surface area (Å²) in [4.78, 5) is 0. The van der Waals surface area contributed by atoms with E-state index in [1.54, 1.807) is 0 Å². The number of hydrogen-bond donors (Lipinski definition) is 1. The van der Waals surface area contributed by atoms with Crippen LogP contribution < -0.4 is 5.32 Å². The van der Waals surface area contributed by atoms with Crippen molar-refractivity contribution in [3.63, 3.8) is 0 Å². The summed E-state index contributed by atoms with van der Waals surface area (Å²) in [6.45, 7) is 9.95. The average molecular weight is 207 g/mol. The molecule has 0 saturated heterocycles. The van der Waals surface area contributed by atoms with E-state index < -0.39 is 0 Å². The van der Waals surface area contributed by atoms with E-state index in [4.69, 9.17) is 0 Å². The fourth-order valence-corrected chi connectivity index (χ4v) is 1.70. The Bertz CT molecular complexity index is 291. The smallest absolute Gasteiger partial charge is 0.0522 e. The Kier molecular flexibility index (Phi) is 5.12. The molecule has 3 nitrogen and oxygen atoms in total. The summed E-state index contributed by atoms with van der Waals surface area (Å²) in [7, 11) is 0. The van der Waals surface area contributed by atoms with Gasteiger partial charge >= 0.3 is 0 Å². The molecule has 1 aromatic heterocycles. The van der Waals surface area contributed by atoms with Crippen molar-refractivity contribution in [1.29, 1.82) is 0 Å². The van der Waals surface area contributed by atoms with Gasteiger partial charge in [0.1, 0.15) is 0 Å². The molecule has 0 saturated carbocycles. The van der Waals surface area contributed by atoms with Crippen LogP contribution in [0.1, 0.15) is 25.8 Å². The lowest BCUT2D eigenvalue weighted by Crippen LogP contribution is -2.30. The van der Waals surface area contributed by atoms with E-state index >= 15 is 0 Å². The van der Waals surface area contributed by atoms with E-state index in [2.05, 4.69) is 37.0 Å². The van der Waals surface area contributed by atoms with Gasteiger partial charge in [-0.25, -0.2) is 0 Å². The molecule has 1 N–H and O–H groups in total. The first-order valence-corrected chi connectivity index (χ1v) is 5.65. The van der Waals surface area contributed by atoms with Crippen LogP contribution in [-0.2, 0) is 13.0 Å². The summed E-state index contributed by atoms with van der Waals surface area (Å²) in [5, 5.41) is 7.72. The Labute approximate surface area is 92.2 Å². The molecule has 1 unspecified atom stereocenters. The number of nitrogens with one attached hydrogen (secondary N) is 1. The number of aromatic nitrogens is 2. The van der Waals surface area contributed by atoms with Crippen LogP contribution in [0.15, 0.2) is 25.0 Å². The van der Waals surface area contributed by atoms with Crippen LogP contribution in [0.25, 0.3) is 0 Å². The SMILES string of the molecule is C=CCC(Cc1cnn(CC)c1)NCC. The predicted octanol–water partition coefficient (Wildman–Crippen LogP) is 2.00. The highest BCUT2D eigenvalue weighted by Gasteiger charge is 2.07. The van der Waals surface area contributed by atoms with Gasteiger partial charge in [0.15, 0.2) is 0 Å². The average Bonchev–Trinajstić information content (AvgIpc) is 2.66. The first-order valence-electron chi connectivity index (χ1n) is 5.65. The first-order chi connectivity index (χ1) is 7.30. The third kappa shape index (κ3) is 3.88. The second-order valence-corrected chi connectivity index (χ2v) is 3.69. The minimum atomic E-state index is 0.488. The third-order valence-corrected chi connectivity index (χ3v) is 2.44. The topological polar surface area (TPSA) is 29.9 Å². The van der Waals surface area contributed by atoms with Gasteiger partial charge in [0, 0.05) is 18.8 Å². The lowest BCUT2D eigenvalue weighted by molar-refractivity contribution is 0.529. The van der Waals surface area contributed by atoms with Crippen LogP contribution >= 0.6 is 0 Å². The molecule has 0 aliphatic rings. The molecule has 1 atom stereocenters. The van der Waals surface area contributed by atoms with Gasteiger partial charge in [-0.2, -0.15) is 5.10 Å². The van der Waals surface area contributed by atoms with E-state index in [1.165, 1.54) is 5.56 Å². The standard InChI is InChI=1S/C12H21N3/c1-4-7-12(13-5-2)8-11-9-14-15(6-3)10-11/h4,9-10,12-13H,1,5-8H2,2-3H3. The van der Waals surface area contributed by atoms with Crippen molar-refractivity contribution in [3.05, 3.63) is 30.6 Å². The van der Waals surface area contributed by atoms with E-state index in [-0.39, 0.29) is 0 Å². The molecule has 1 rings (SSSR count). The number of aryl methyl sites for hydroxylation is 1. The van der Waals surface area contributed by atoms with Crippen LogP contribution in [-0.4, -0.2) is 22.4 Å². The van der Waals surface area contributed by atoms with E-state index in [0.717, 1.165) is 25.9 Å². The molecular formula is C12H21N3. The summed E-state index contributed by atoms with van der Waals surface area (Å²) < 4.78 is 1.96. The number of hydrogen-bond acceptors (Lipinski definition) is 2. The minimum absolute atomic E-state index is 0.488. The normalized spacial score (nSPS) is 12.7. The second-order valence-electron chi connectivity index (χ2n) is 3.69. The zero-order chi connectivity index (χ0) is 11.1. The molecule has 1 aromatic rings. The molecule has 0 bridgehead atoms. The van der Waals surface area contributed by atoms with Crippen molar-refractivity contribution in [2.75, 3.05) is 6.54 Å². The van der Waals surface area contributed by atoms with E-state index in [9.17, 15) is 0 Å². The van der Waals surface area contributed by atoms with Crippen LogP contribution in [0, 0.1) is 0 Å². The molecule has 0 aromatic carbocycles. The molecule has 0 spiro atoms. The largest absolute Gasteiger partial charge is 0.314 e. The number of rotatable bonds is 7. The molecule has 15 heavy (non-hydrogen) atoms. The highest BCUT2D eigenvalue weighted by Crippen LogP contribution is 2.05. The first kappa shape index (κ1) is 12.0. The van der Waals surface area contributed by atoms with Crippen molar-refractivity contribution >= 4 is 0 Å². The van der Waals surface area contributed by atoms with Crippen LogP contribution in [0.5, 0.6) is 0 Å². The van der Waals surface area contributed by atoms with Gasteiger partial charge in [-0.05, 0) is 31.9 Å². The molecule has 0 amide bonds. The fourth-order valence-electron chi connectivity index (χ4n) is 1.70. The Morgan fingerprint density at radius 2 is 2.40 bits per heavy atom. The molecule has 0 aliphatic heterocycles. The van der Waals surface area contributed by atoms with Crippen molar-refractivity contribution in [1.82, 2.24) is 15.1 Å². The van der Waals surface area contributed by atoms with Gasteiger partial charge in [-0.15, -0.1) is 6.58 Å². The van der Waals surface area contributed by atoms with Crippen molar-refractivity contribution < 1.29 is 0 Å². The monoisotopic (exact) mass is 207 g/mol. The van der Waals surface area contributed by atoms with E-state index in [0.29, 0.717) is 6.04 Å². The van der Waals surface area contributed by atoms with Gasteiger partial charge in [-0.1, -0.05) is 13.0 Å². The quantitative estimate of drug-likeness (QED) is 0.693. The maximum atomic E-state index is 4.27. The summed E-state index contributed by atoms with van der Waals surface area (Å²) >= 11 is 0. The van der Waals surface area contributed by atoms with Crippen molar-refractivity contribution in [2.24, 2.45) is 0 Å². The van der Waals surface area contributed by atoms with Crippen LogP contribution in [0.2, 0.25) is 0 Å². The maximum absolute atomic E-state index is 4.27. The molecular weight excluding hydrogens is 186 g/mol. The van der Waals surface area contributed by atoms with Gasteiger partial charge in [0.25, 0.3) is 0 Å². The van der Waals surface area contributed by atoms with Gasteiger partial charge in [0.2, 0.25) is 0 Å². The highest BCUT2D eigenvalue weighted by atomic mass is 15.3. The van der Waals surface area contributed by atoms with Crippen LogP contribution in [0.3, 0.4) is 0 Å². The second kappa shape index (κ2) is 6.40. The Hall–Kier alpha value is -1.09. The minimum Gasteiger partial charge on any atom is -0.314 e. The molecule has 3 heteroatoms. The Morgan fingerprint density at radius 3 is 2.93 bits per heavy atom. The van der Waals surface area contributed by atoms with Gasteiger partial charge in [-0.3, -0.25) is 4.68 Å². The lowest BCUT2D eigenvalue weighted by atomic mass is 10.1. The van der Waals surface area contributed by atoms with Crippen molar-refractivity contribution in [2.45, 2.75) is 39.3 Å². The summed E-state index contributed by atoms with van der Waals surface area (Å²) in [5.41, 5.74) is 1.30. The number of likely N-dealkylation sites (N-methyl/N-ethyl adjacent to an activating group) is 1. The molecule has 0 radical (unpaired) electrons. The summed E-state index contributed by atoms with van der Waals surface area (Å²) in [6.07, 6.45) is 8.08. The fraction of sp³-hybridized carbons (Fsp3) is 0.583. The predicted molar refractivity (Wildman–Crippen MR) is 63.9 cm³/mol. The third-order valence-electron chi connectivity index (χ3n) is 2.44. The summed E-state index contributed by atoms with van der Waals surface area (Å²) in [6, 6.07) is 0.488. The Balaban J connectivity index is 2.52. The van der Waals surface area contributed by atoms with E-state index in [1.807, 2.05) is 17.0 Å². The zero-order valence-corrected chi connectivity index (χ0v) is 9.74.